The van der Waals surface area contributed by atoms with Crippen LogP contribution in [-0.4, -0.2) is 16.9 Å². The second kappa shape index (κ2) is 4.56. The van der Waals surface area contributed by atoms with Gasteiger partial charge >= 0.3 is 0 Å². The van der Waals surface area contributed by atoms with E-state index < -0.39 is 5.41 Å². The van der Waals surface area contributed by atoms with E-state index in [9.17, 15) is 4.79 Å². The molecule has 0 spiro atoms. The van der Waals surface area contributed by atoms with Crippen molar-refractivity contribution in [3.63, 3.8) is 0 Å². The minimum atomic E-state index is -0.761. The number of rotatable bonds is 2. The van der Waals surface area contributed by atoms with Crippen LogP contribution in [0.2, 0.25) is 0 Å². The minimum absolute atomic E-state index is 0.120. The van der Waals surface area contributed by atoms with Crippen LogP contribution in [0.5, 0.6) is 0 Å². The fourth-order valence-electron chi connectivity index (χ4n) is 2.66. The van der Waals surface area contributed by atoms with Crippen molar-refractivity contribution < 1.29 is 4.79 Å². The number of amidine groups is 1. The molecule has 0 radical (unpaired) electrons. The molecule has 2 rings (SSSR count). The van der Waals surface area contributed by atoms with Gasteiger partial charge in [-0.15, -0.1) is 0 Å². The highest BCUT2D eigenvalue weighted by Gasteiger charge is 2.46. The second-order valence-corrected chi connectivity index (χ2v) is 4.88. The topological polar surface area (TPSA) is 67.5 Å². The monoisotopic (exact) mass is 251 g/mol. The quantitative estimate of drug-likeness (QED) is 0.579. The molecule has 17 heavy (non-hydrogen) atoms. The molecule has 92 valence electrons. The zero-order valence-corrected chi connectivity index (χ0v) is 10.8. The standard InChI is InChI=1S/C12H17N3OS/c1-2-12(8-6-4-3-5-7-8)9(13)14-11(17)15-10(12)16/h6H,2-5,7H2,1H3,(H3,13,14,15,16,17)/t12-/m1/s1. The van der Waals surface area contributed by atoms with Crippen LogP contribution in [0.4, 0.5) is 0 Å². The third-order valence-corrected chi connectivity index (χ3v) is 3.83. The number of hydrogen-bond acceptors (Lipinski definition) is 3. The van der Waals surface area contributed by atoms with E-state index in [0.29, 0.717) is 12.3 Å². The van der Waals surface area contributed by atoms with Crippen LogP contribution >= 0.6 is 12.2 Å². The first-order chi connectivity index (χ1) is 8.11. The van der Waals surface area contributed by atoms with Gasteiger partial charge in [0.1, 0.15) is 11.3 Å². The summed E-state index contributed by atoms with van der Waals surface area (Å²) in [5, 5.41) is 2.81. The van der Waals surface area contributed by atoms with E-state index in [1.54, 1.807) is 0 Å². The smallest absolute Gasteiger partial charge is 0.244 e. The lowest BCUT2D eigenvalue weighted by Crippen LogP contribution is -2.56. The lowest BCUT2D eigenvalue weighted by Gasteiger charge is -2.37. The SMILES string of the molecule is CC[C@]1(C2=CCCCC2)C(=O)NC(=S)N=C1N. The van der Waals surface area contributed by atoms with Crippen LogP contribution in [0.15, 0.2) is 16.6 Å². The Kier molecular flexibility index (Phi) is 3.28. The Labute approximate surface area is 106 Å². The molecule has 1 amide bonds. The molecule has 0 aromatic rings. The Bertz CT molecular complexity index is 427. The predicted octanol–water partition coefficient (Wildman–Crippen LogP) is 1.66. The van der Waals surface area contributed by atoms with Gasteiger partial charge in [0, 0.05) is 0 Å². The van der Waals surface area contributed by atoms with E-state index in [1.165, 1.54) is 6.42 Å². The lowest BCUT2D eigenvalue weighted by atomic mass is 9.71. The zero-order valence-electron chi connectivity index (χ0n) is 9.95. The predicted molar refractivity (Wildman–Crippen MR) is 71.6 cm³/mol. The number of nitrogens with zero attached hydrogens (tertiary/aromatic N) is 1. The molecule has 0 saturated carbocycles. The van der Waals surface area contributed by atoms with Crippen molar-refractivity contribution in [3.05, 3.63) is 11.6 Å². The molecular formula is C12H17N3OS. The summed E-state index contributed by atoms with van der Waals surface area (Å²) in [4.78, 5) is 16.4. The maximum absolute atomic E-state index is 12.3. The van der Waals surface area contributed by atoms with Crippen molar-refractivity contribution in [2.45, 2.75) is 39.0 Å². The fraction of sp³-hybridized carbons (Fsp3) is 0.583. The Hall–Kier alpha value is -1.23. The Morgan fingerprint density at radius 2 is 2.35 bits per heavy atom. The van der Waals surface area contributed by atoms with Gasteiger partial charge in [0.05, 0.1) is 0 Å². The summed E-state index contributed by atoms with van der Waals surface area (Å²) < 4.78 is 0. The van der Waals surface area contributed by atoms with Gasteiger partial charge in [-0.2, -0.15) is 0 Å². The first-order valence-corrected chi connectivity index (χ1v) is 6.41. The molecule has 0 aromatic carbocycles. The average molecular weight is 251 g/mol. The number of carbonyl (C=O) groups is 1. The maximum atomic E-state index is 12.3. The molecule has 3 N–H and O–H groups in total. The minimum Gasteiger partial charge on any atom is -0.386 e. The summed E-state index contributed by atoms with van der Waals surface area (Å²) in [7, 11) is 0. The van der Waals surface area contributed by atoms with E-state index in [0.717, 1.165) is 24.8 Å². The third kappa shape index (κ3) is 1.88. The Balaban J connectivity index is 2.48. The van der Waals surface area contributed by atoms with Crippen molar-refractivity contribution in [1.82, 2.24) is 5.32 Å². The largest absolute Gasteiger partial charge is 0.386 e. The summed E-state index contributed by atoms with van der Waals surface area (Å²) in [5.74, 6) is 0.229. The van der Waals surface area contributed by atoms with Gasteiger partial charge in [-0.05, 0) is 44.3 Å². The number of nitrogens with two attached hydrogens (primary N) is 1. The van der Waals surface area contributed by atoms with Gasteiger partial charge in [0.25, 0.3) is 0 Å². The molecule has 0 saturated heterocycles. The highest BCUT2D eigenvalue weighted by Crippen LogP contribution is 2.39. The van der Waals surface area contributed by atoms with Crippen LogP contribution in [0.1, 0.15) is 39.0 Å². The molecule has 4 nitrogen and oxygen atoms in total. The molecule has 1 aliphatic heterocycles. The number of allylic oxidation sites excluding steroid dienone is 1. The van der Waals surface area contributed by atoms with Crippen LogP contribution in [0, 0.1) is 5.41 Å². The number of carbonyl (C=O) groups excluding carboxylic acids is 1. The van der Waals surface area contributed by atoms with Gasteiger partial charge < -0.3 is 11.1 Å². The van der Waals surface area contributed by atoms with Gasteiger partial charge in [-0.25, -0.2) is 4.99 Å². The molecule has 1 heterocycles. The molecule has 0 unspecified atom stereocenters. The molecule has 1 atom stereocenters. The van der Waals surface area contributed by atoms with E-state index in [-0.39, 0.29) is 11.0 Å². The van der Waals surface area contributed by atoms with E-state index in [1.807, 2.05) is 6.92 Å². The van der Waals surface area contributed by atoms with Crippen LogP contribution < -0.4 is 11.1 Å². The van der Waals surface area contributed by atoms with E-state index >= 15 is 0 Å². The number of amides is 1. The number of aliphatic imine (C=N–C) groups is 1. The highest BCUT2D eigenvalue weighted by atomic mass is 32.1. The van der Waals surface area contributed by atoms with Crippen LogP contribution in [0.3, 0.4) is 0 Å². The average Bonchev–Trinajstić information content (AvgIpc) is 2.30. The van der Waals surface area contributed by atoms with Gasteiger partial charge in [-0.3, -0.25) is 4.79 Å². The molecule has 5 heteroatoms. The Morgan fingerprint density at radius 1 is 1.59 bits per heavy atom. The third-order valence-electron chi connectivity index (χ3n) is 3.64. The normalized spacial score (nSPS) is 29.5. The highest BCUT2D eigenvalue weighted by molar-refractivity contribution is 7.80. The molecule has 0 bridgehead atoms. The van der Waals surface area contributed by atoms with Crippen molar-refractivity contribution in [2.75, 3.05) is 0 Å². The van der Waals surface area contributed by atoms with Crippen molar-refractivity contribution in [3.8, 4) is 0 Å². The maximum Gasteiger partial charge on any atom is 0.244 e. The first kappa shape index (κ1) is 12.2. The fourth-order valence-corrected chi connectivity index (χ4v) is 2.85. The summed E-state index contributed by atoms with van der Waals surface area (Å²) in [5.41, 5.74) is 6.34. The Morgan fingerprint density at radius 3 is 2.88 bits per heavy atom. The van der Waals surface area contributed by atoms with Gasteiger partial charge in [0.15, 0.2) is 0 Å². The zero-order chi connectivity index (χ0) is 12.5. The first-order valence-electron chi connectivity index (χ1n) is 6.01. The second-order valence-electron chi connectivity index (χ2n) is 4.49. The molecule has 0 aromatic heterocycles. The van der Waals surface area contributed by atoms with E-state index in [2.05, 4.69) is 16.4 Å². The van der Waals surface area contributed by atoms with Crippen molar-refractivity contribution in [2.24, 2.45) is 16.1 Å². The molecular weight excluding hydrogens is 234 g/mol. The number of nitrogens with one attached hydrogen (secondary N) is 1. The summed E-state index contributed by atoms with van der Waals surface area (Å²) >= 11 is 4.89. The van der Waals surface area contributed by atoms with Crippen molar-refractivity contribution in [1.29, 1.82) is 0 Å². The van der Waals surface area contributed by atoms with Gasteiger partial charge in [0.2, 0.25) is 11.0 Å². The number of hydrogen-bond donors (Lipinski definition) is 2. The van der Waals surface area contributed by atoms with E-state index in [4.69, 9.17) is 18.0 Å². The molecule has 2 aliphatic rings. The summed E-state index contributed by atoms with van der Waals surface area (Å²) in [6, 6.07) is 0. The van der Waals surface area contributed by atoms with Gasteiger partial charge in [-0.1, -0.05) is 18.6 Å². The van der Waals surface area contributed by atoms with Crippen LogP contribution in [0.25, 0.3) is 0 Å². The molecule has 1 aliphatic carbocycles. The molecule has 0 fully saturated rings. The van der Waals surface area contributed by atoms with Crippen LogP contribution in [-0.2, 0) is 4.79 Å². The lowest BCUT2D eigenvalue weighted by molar-refractivity contribution is -0.125. The number of thiocarbonyl (C=S) groups is 1. The summed E-state index contributed by atoms with van der Waals surface area (Å²) in [6.45, 7) is 1.96. The summed E-state index contributed by atoms with van der Waals surface area (Å²) in [6.07, 6.45) is 7.00. The van der Waals surface area contributed by atoms with Crippen molar-refractivity contribution >= 4 is 29.1 Å².